The summed E-state index contributed by atoms with van der Waals surface area (Å²) in [6.45, 7) is 0. The Morgan fingerprint density at radius 3 is 3.00 bits per heavy atom. The van der Waals surface area contributed by atoms with E-state index in [4.69, 9.17) is 0 Å². The second-order valence-electron chi connectivity index (χ2n) is 3.88. The monoisotopic (exact) mass is 208 g/mol. The van der Waals surface area contributed by atoms with Crippen molar-refractivity contribution in [1.29, 1.82) is 0 Å². The Hall–Kier alpha value is -1.45. The number of rotatable bonds is 4. The van der Waals surface area contributed by atoms with E-state index in [-0.39, 0.29) is 11.7 Å². The van der Waals surface area contributed by atoms with Crippen molar-refractivity contribution >= 4 is 11.7 Å². The van der Waals surface area contributed by atoms with Crippen LogP contribution in [0.4, 0.5) is 10.2 Å². The lowest BCUT2D eigenvalue weighted by Crippen LogP contribution is -2.12. The predicted molar refractivity (Wildman–Crippen MR) is 54.8 cm³/mol. The molecule has 1 aromatic heterocycles. The zero-order chi connectivity index (χ0) is 10.7. The van der Waals surface area contributed by atoms with Gasteiger partial charge < -0.3 is 5.32 Å². The molecule has 0 spiro atoms. The van der Waals surface area contributed by atoms with E-state index in [1.165, 1.54) is 25.0 Å². The molecule has 0 atom stereocenters. The van der Waals surface area contributed by atoms with Gasteiger partial charge in [-0.25, -0.2) is 4.98 Å². The van der Waals surface area contributed by atoms with Crippen molar-refractivity contribution in [1.82, 2.24) is 4.98 Å². The molecule has 0 saturated heterocycles. The number of nitrogens with one attached hydrogen (secondary N) is 1. The molecule has 3 nitrogen and oxygen atoms in total. The van der Waals surface area contributed by atoms with Crippen molar-refractivity contribution in [3.05, 3.63) is 24.1 Å². The molecule has 1 aromatic rings. The minimum absolute atomic E-state index is 0.0833. The summed E-state index contributed by atoms with van der Waals surface area (Å²) in [4.78, 5) is 14.9. The molecule has 0 aromatic carbocycles. The van der Waals surface area contributed by atoms with Crippen molar-refractivity contribution in [2.45, 2.75) is 25.7 Å². The van der Waals surface area contributed by atoms with Gasteiger partial charge >= 0.3 is 0 Å². The van der Waals surface area contributed by atoms with Gasteiger partial charge in [0.2, 0.25) is 11.9 Å². The maximum atomic E-state index is 12.7. The van der Waals surface area contributed by atoms with Gasteiger partial charge in [0.05, 0.1) is 0 Å². The molecule has 1 N–H and O–H groups in total. The summed E-state index contributed by atoms with van der Waals surface area (Å²) < 4.78 is 12.7. The molecule has 1 aliphatic rings. The van der Waals surface area contributed by atoms with Crippen LogP contribution in [-0.2, 0) is 4.79 Å². The first-order valence-electron chi connectivity index (χ1n) is 5.16. The Morgan fingerprint density at radius 2 is 2.33 bits per heavy atom. The smallest absolute Gasteiger partial charge is 0.225 e. The van der Waals surface area contributed by atoms with Crippen LogP contribution in [0.1, 0.15) is 25.7 Å². The third-order valence-electron chi connectivity index (χ3n) is 2.46. The zero-order valence-electron chi connectivity index (χ0n) is 8.37. The van der Waals surface area contributed by atoms with E-state index >= 15 is 0 Å². The molecule has 0 radical (unpaired) electrons. The van der Waals surface area contributed by atoms with E-state index in [2.05, 4.69) is 10.3 Å². The second kappa shape index (κ2) is 4.38. The Balaban J connectivity index is 1.81. The highest BCUT2D eigenvalue weighted by Crippen LogP contribution is 2.33. The van der Waals surface area contributed by atoms with Gasteiger partial charge in [-0.05, 0) is 24.5 Å². The number of hydrogen-bond donors (Lipinski definition) is 1. The van der Waals surface area contributed by atoms with Gasteiger partial charge in [0.15, 0.2) is 0 Å². The molecular weight excluding hydrogens is 195 g/mol. The molecule has 1 heterocycles. The Kier molecular flexibility index (Phi) is 2.94. The standard InChI is InChI=1S/C11H13FN2O/c12-9-2-1-3-10(13-9)14-11(15)7-6-8-4-5-8/h1-3,8H,4-7H2,(H,13,14,15). The van der Waals surface area contributed by atoms with Crippen molar-refractivity contribution in [3.63, 3.8) is 0 Å². The fourth-order valence-corrected chi connectivity index (χ4v) is 1.42. The van der Waals surface area contributed by atoms with Gasteiger partial charge in [-0.3, -0.25) is 4.79 Å². The summed E-state index contributed by atoms with van der Waals surface area (Å²) in [5, 5.41) is 2.58. The number of anilines is 1. The largest absolute Gasteiger partial charge is 0.311 e. The van der Waals surface area contributed by atoms with Crippen LogP contribution in [0, 0.1) is 11.9 Å². The number of carbonyl (C=O) groups excluding carboxylic acids is 1. The quantitative estimate of drug-likeness (QED) is 0.772. The Bertz CT molecular complexity index is 363. The van der Waals surface area contributed by atoms with E-state index in [1.807, 2.05) is 0 Å². The molecule has 2 rings (SSSR count). The predicted octanol–water partition coefficient (Wildman–Crippen LogP) is 2.35. The summed E-state index contributed by atoms with van der Waals surface area (Å²) in [6, 6.07) is 4.36. The van der Waals surface area contributed by atoms with Crippen LogP contribution in [0.5, 0.6) is 0 Å². The van der Waals surface area contributed by atoms with Crippen LogP contribution in [0.2, 0.25) is 0 Å². The van der Waals surface area contributed by atoms with E-state index in [0.29, 0.717) is 6.42 Å². The fraction of sp³-hybridized carbons (Fsp3) is 0.455. The summed E-state index contributed by atoms with van der Waals surface area (Å²) in [5.74, 6) is 0.363. The van der Waals surface area contributed by atoms with Crippen LogP contribution in [-0.4, -0.2) is 10.9 Å². The van der Waals surface area contributed by atoms with Gasteiger partial charge in [0.1, 0.15) is 5.82 Å². The minimum atomic E-state index is -0.574. The molecule has 0 unspecified atom stereocenters. The molecule has 1 amide bonds. The van der Waals surface area contributed by atoms with Crippen LogP contribution in [0.15, 0.2) is 18.2 Å². The average molecular weight is 208 g/mol. The molecule has 0 aliphatic heterocycles. The third-order valence-corrected chi connectivity index (χ3v) is 2.46. The van der Waals surface area contributed by atoms with Gasteiger partial charge in [0.25, 0.3) is 0 Å². The van der Waals surface area contributed by atoms with Crippen molar-refractivity contribution in [2.75, 3.05) is 5.32 Å². The normalized spacial score (nSPS) is 15.0. The average Bonchev–Trinajstić information content (AvgIpc) is 2.98. The van der Waals surface area contributed by atoms with Gasteiger partial charge in [0, 0.05) is 6.42 Å². The zero-order valence-corrected chi connectivity index (χ0v) is 8.37. The highest BCUT2D eigenvalue weighted by molar-refractivity contribution is 5.89. The lowest BCUT2D eigenvalue weighted by atomic mass is 10.2. The van der Waals surface area contributed by atoms with Gasteiger partial charge in [-0.2, -0.15) is 4.39 Å². The number of amides is 1. The van der Waals surface area contributed by atoms with E-state index < -0.39 is 5.95 Å². The molecule has 1 saturated carbocycles. The van der Waals surface area contributed by atoms with Gasteiger partial charge in [-0.1, -0.05) is 18.9 Å². The van der Waals surface area contributed by atoms with E-state index in [9.17, 15) is 9.18 Å². The SMILES string of the molecule is O=C(CCC1CC1)Nc1cccc(F)n1. The van der Waals surface area contributed by atoms with Crippen LogP contribution in [0.25, 0.3) is 0 Å². The lowest BCUT2D eigenvalue weighted by Gasteiger charge is -2.03. The third kappa shape index (κ3) is 3.31. The molecule has 1 fully saturated rings. The lowest BCUT2D eigenvalue weighted by molar-refractivity contribution is -0.116. The van der Waals surface area contributed by atoms with Crippen LogP contribution < -0.4 is 5.32 Å². The first kappa shape index (κ1) is 10.1. The summed E-state index contributed by atoms with van der Waals surface area (Å²) in [6.07, 6.45) is 3.92. The first-order chi connectivity index (χ1) is 7.24. The molecule has 1 aliphatic carbocycles. The number of halogens is 1. The second-order valence-corrected chi connectivity index (χ2v) is 3.88. The highest BCUT2D eigenvalue weighted by atomic mass is 19.1. The van der Waals surface area contributed by atoms with Crippen molar-refractivity contribution in [3.8, 4) is 0 Å². The maximum absolute atomic E-state index is 12.7. The van der Waals surface area contributed by atoms with Crippen LogP contribution in [0.3, 0.4) is 0 Å². The Morgan fingerprint density at radius 1 is 1.53 bits per heavy atom. The van der Waals surface area contributed by atoms with Crippen molar-refractivity contribution in [2.24, 2.45) is 5.92 Å². The minimum Gasteiger partial charge on any atom is -0.311 e. The molecule has 15 heavy (non-hydrogen) atoms. The molecule has 4 heteroatoms. The number of pyridine rings is 1. The number of carbonyl (C=O) groups is 1. The maximum Gasteiger partial charge on any atom is 0.225 e. The number of nitrogens with zero attached hydrogens (tertiary/aromatic N) is 1. The summed E-state index contributed by atoms with van der Waals surface area (Å²) in [5.41, 5.74) is 0. The van der Waals surface area contributed by atoms with E-state index in [0.717, 1.165) is 12.3 Å². The summed E-state index contributed by atoms with van der Waals surface area (Å²) >= 11 is 0. The van der Waals surface area contributed by atoms with Crippen LogP contribution >= 0.6 is 0 Å². The number of hydrogen-bond acceptors (Lipinski definition) is 2. The van der Waals surface area contributed by atoms with Crippen molar-refractivity contribution < 1.29 is 9.18 Å². The van der Waals surface area contributed by atoms with Gasteiger partial charge in [-0.15, -0.1) is 0 Å². The first-order valence-corrected chi connectivity index (χ1v) is 5.16. The topological polar surface area (TPSA) is 42.0 Å². The Labute approximate surface area is 87.7 Å². The molecular formula is C11H13FN2O. The summed E-state index contributed by atoms with van der Waals surface area (Å²) in [7, 11) is 0. The highest BCUT2D eigenvalue weighted by Gasteiger charge is 2.21. The number of aromatic nitrogens is 1. The van der Waals surface area contributed by atoms with E-state index in [1.54, 1.807) is 6.07 Å². The fourth-order valence-electron chi connectivity index (χ4n) is 1.42. The molecule has 0 bridgehead atoms. The molecule has 80 valence electrons.